The summed E-state index contributed by atoms with van der Waals surface area (Å²) in [5.41, 5.74) is 6.58. The van der Waals surface area contributed by atoms with Crippen LogP contribution in [0.3, 0.4) is 0 Å². The van der Waals surface area contributed by atoms with Crippen molar-refractivity contribution < 1.29 is 17.9 Å². The minimum absolute atomic E-state index is 0.00550. The Labute approximate surface area is 115 Å². The molecule has 0 aliphatic rings. The van der Waals surface area contributed by atoms with Crippen molar-refractivity contribution in [3.8, 4) is 5.75 Å². The zero-order chi connectivity index (χ0) is 14.9. The lowest BCUT2D eigenvalue weighted by molar-refractivity contribution is 0.385. The Morgan fingerprint density at radius 3 is 2.40 bits per heavy atom. The molecule has 2 N–H and O–H groups in total. The lowest BCUT2D eigenvalue weighted by Crippen LogP contribution is -2.15. The van der Waals surface area contributed by atoms with Gasteiger partial charge in [0, 0.05) is 5.56 Å². The first-order valence-corrected chi connectivity index (χ1v) is 5.99. The van der Waals surface area contributed by atoms with Gasteiger partial charge in [0.1, 0.15) is 0 Å². The molecule has 0 saturated carbocycles. The second-order valence-electron chi connectivity index (χ2n) is 4.47. The molecule has 2 nitrogen and oxygen atoms in total. The largest absolute Gasteiger partial charge is 0.494 e. The number of methoxy groups -OCH3 is 1. The quantitative estimate of drug-likeness (QED) is 0.935. The van der Waals surface area contributed by atoms with Gasteiger partial charge in [0.2, 0.25) is 0 Å². The summed E-state index contributed by atoms with van der Waals surface area (Å²) in [5, 5.41) is 0. The van der Waals surface area contributed by atoms with Gasteiger partial charge in [-0.25, -0.2) is 13.2 Å². The Morgan fingerprint density at radius 2 is 1.75 bits per heavy atom. The molecule has 0 bridgehead atoms. The van der Waals surface area contributed by atoms with Crippen molar-refractivity contribution in [3.05, 3.63) is 64.5 Å². The molecule has 0 spiro atoms. The molecule has 1 unspecified atom stereocenters. The highest BCUT2D eigenvalue weighted by molar-refractivity contribution is 5.39. The third-order valence-electron chi connectivity index (χ3n) is 3.17. The van der Waals surface area contributed by atoms with E-state index in [9.17, 15) is 13.2 Å². The van der Waals surface area contributed by atoms with Crippen LogP contribution in [0.2, 0.25) is 0 Å². The summed E-state index contributed by atoms with van der Waals surface area (Å²) in [7, 11) is 1.32. The van der Waals surface area contributed by atoms with E-state index in [4.69, 9.17) is 10.5 Å². The van der Waals surface area contributed by atoms with Gasteiger partial charge in [0.25, 0.3) is 0 Å². The van der Waals surface area contributed by atoms with Crippen LogP contribution >= 0.6 is 0 Å². The van der Waals surface area contributed by atoms with Crippen LogP contribution in [0, 0.1) is 24.4 Å². The van der Waals surface area contributed by atoms with Crippen LogP contribution in [0.15, 0.2) is 30.3 Å². The molecule has 0 radical (unpaired) electrons. The van der Waals surface area contributed by atoms with E-state index in [1.54, 1.807) is 0 Å². The van der Waals surface area contributed by atoms with Crippen LogP contribution in [0.25, 0.3) is 0 Å². The predicted molar refractivity (Wildman–Crippen MR) is 70.1 cm³/mol. The van der Waals surface area contributed by atoms with Gasteiger partial charge in [-0.1, -0.05) is 18.2 Å². The molecule has 0 aliphatic heterocycles. The van der Waals surface area contributed by atoms with Crippen LogP contribution < -0.4 is 10.5 Å². The Bertz CT molecular complexity index is 643. The third kappa shape index (κ3) is 2.49. The minimum Gasteiger partial charge on any atom is -0.494 e. The van der Waals surface area contributed by atoms with Gasteiger partial charge in [0.15, 0.2) is 23.2 Å². The SMILES string of the molecule is COc1cc(C(N)c2ccc(C)c(F)c2F)ccc1F. The molecule has 0 aromatic heterocycles. The first-order valence-electron chi connectivity index (χ1n) is 5.99. The first-order chi connectivity index (χ1) is 9.45. The number of rotatable bonds is 3. The number of benzene rings is 2. The van der Waals surface area contributed by atoms with Crippen molar-refractivity contribution in [1.82, 2.24) is 0 Å². The summed E-state index contributed by atoms with van der Waals surface area (Å²) >= 11 is 0. The van der Waals surface area contributed by atoms with Crippen molar-refractivity contribution in [2.45, 2.75) is 13.0 Å². The van der Waals surface area contributed by atoms with Crippen LogP contribution in [-0.4, -0.2) is 7.11 Å². The van der Waals surface area contributed by atoms with E-state index in [1.165, 1.54) is 44.4 Å². The summed E-state index contributed by atoms with van der Waals surface area (Å²) in [6.45, 7) is 1.47. The molecular formula is C15H14F3NO. The number of hydrogen-bond donors (Lipinski definition) is 1. The van der Waals surface area contributed by atoms with Crippen molar-refractivity contribution in [3.63, 3.8) is 0 Å². The fraction of sp³-hybridized carbons (Fsp3) is 0.200. The minimum atomic E-state index is -0.985. The van der Waals surface area contributed by atoms with E-state index in [0.717, 1.165) is 0 Å². The molecule has 2 rings (SSSR count). The van der Waals surface area contributed by atoms with Crippen LogP contribution in [0.4, 0.5) is 13.2 Å². The molecule has 2 aromatic carbocycles. The number of halogens is 3. The van der Waals surface area contributed by atoms with E-state index in [-0.39, 0.29) is 16.9 Å². The molecule has 0 fully saturated rings. The normalized spacial score (nSPS) is 12.3. The lowest BCUT2D eigenvalue weighted by atomic mass is 9.97. The van der Waals surface area contributed by atoms with Crippen LogP contribution in [0.1, 0.15) is 22.7 Å². The molecule has 106 valence electrons. The molecular weight excluding hydrogens is 267 g/mol. The number of ether oxygens (including phenoxy) is 1. The van der Waals surface area contributed by atoms with Gasteiger partial charge in [-0.15, -0.1) is 0 Å². The molecule has 1 atom stereocenters. The maximum Gasteiger partial charge on any atom is 0.165 e. The summed E-state index contributed by atoms with van der Waals surface area (Å²) in [5.74, 6) is -2.45. The zero-order valence-corrected chi connectivity index (χ0v) is 11.1. The standard InChI is InChI=1S/C15H14F3NO/c1-8-3-5-10(14(18)13(8)17)15(19)9-4-6-11(16)12(7-9)20-2/h3-7,15H,19H2,1-2H3. The highest BCUT2D eigenvalue weighted by Gasteiger charge is 2.19. The van der Waals surface area contributed by atoms with Crippen molar-refractivity contribution in [1.29, 1.82) is 0 Å². The van der Waals surface area contributed by atoms with Crippen LogP contribution in [0.5, 0.6) is 5.75 Å². The van der Waals surface area contributed by atoms with E-state index in [0.29, 0.717) is 5.56 Å². The smallest absolute Gasteiger partial charge is 0.165 e. The zero-order valence-electron chi connectivity index (χ0n) is 11.1. The van der Waals surface area contributed by atoms with Crippen molar-refractivity contribution in [2.24, 2.45) is 5.73 Å². The van der Waals surface area contributed by atoms with Gasteiger partial charge in [0.05, 0.1) is 13.2 Å². The van der Waals surface area contributed by atoms with Gasteiger partial charge < -0.3 is 10.5 Å². The number of aryl methyl sites for hydroxylation is 1. The van der Waals surface area contributed by atoms with Crippen molar-refractivity contribution >= 4 is 0 Å². The molecule has 0 saturated heterocycles. The number of hydrogen-bond acceptors (Lipinski definition) is 2. The topological polar surface area (TPSA) is 35.2 Å². The molecule has 20 heavy (non-hydrogen) atoms. The summed E-state index contributed by atoms with van der Waals surface area (Å²) in [4.78, 5) is 0. The Morgan fingerprint density at radius 1 is 1.05 bits per heavy atom. The molecule has 0 amide bonds. The maximum atomic E-state index is 13.9. The average molecular weight is 281 g/mol. The molecule has 2 aromatic rings. The molecule has 0 heterocycles. The van der Waals surface area contributed by atoms with Gasteiger partial charge in [-0.2, -0.15) is 0 Å². The predicted octanol–water partition coefficient (Wildman–Crippen LogP) is 3.47. The summed E-state index contributed by atoms with van der Waals surface area (Å²) in [6, 6.07) is 5.94. The lowest BCUT2D eigenvalue weighted by Gasteiger charge is -2.15. The van der Waals surface area contributed by atoms with Gasteiger partial charge in [-0.05, 0) is 30.2 Å². The second kappa shape index (κ2) is 5.54. The van der Waals surface area contributed by atoms with E-state index >= 15 is 0 Å². The fourth-order valence-electron chi connectivity index (χ4n) is 1.95. The fourth-order valence-corrected chi connectivity index (χ4v) is 1.95. The highest BCUT2D eigenvalue weighted by Crippen LogP contribution is 2.28. The number of nitrogens with two attached hydrogens (primary N) is 1. The van der Waals surface area contributed by atoms with Crippen molar-refractivity contribution in [2.75, 3.05) is 7.11 Å². The Hall–Kier alpha value is -2.01. The Balaban J connectivity index is 2.46. The van der Waals surface area contributed by atoms with Crippen LogP contribution in [-0.2, 0) is 0 Å². The van der Waals surface area contributed by atoms with Gasteiger partial charge in [-0.3, -0.25) is 0 Å². The maximum absolute atomic E-state index is 13.9. The van der Waals surface area contributed by atoms with E-state index in [1.807, 2.05) is 0 Å². The average Bonchev–Trinajstić information content (AvgIpc) is 2.45. The Kier molecular flexibility index (Phi) is 3.99. The van der Waals surface area contributed by atoms with E-state index in [2.05, 4.69) is 0 Å². The molecule has 5 heteroatoms. The molecule has 0 aliphatic carbocycles. The van der Waals surface area contributed by atoms with Gasteiger partial charge >= 0.3 is 0 Å². The summed E-state index contributed by atoms with van der Waals surface area (Å²) < 4.78 is 45.6. The second-order valence-corrected chi connectivity index (χ2v) is 4.47. The highest BCUT2D eigenvalue weighted by atomic mass is 19.2. The van der Waals surface area contributed by atoms with E-state index < -0.39 is 23.5 Å². The monoisotopic (exact) mass is 281 g/mol. The third-order valence-corrected chi connectivity index (χ3v) is 3.17. The first kappa shape index (κ1) is 14.4. The summed E-state index contributed by atoms with van der Waals surface area (Å²) in [6.07, 6.45) is 0.